The molecule has 0 aromatic heterocycles. The molecule has 2 unspecified atom stereocenters. The number of hydrogen-bond acceptors (Lipinski definition) is 6. The molecule has 5 rings (SSSR count). The number of rotatable bonds is 10. The molecule has 212 valence electrons. The maximum atomic E-state index is 13.7. The summed E-state index contributed by atoms with van der Waals surface area (Å²) in [5.74, 6) is -0.818. The fourth-order valence-corrected chi connectivity index (χ4v) is 6.16. The number of thioether (sulfide) groups is 1. The Morgan fingerprint density at radius 2 is 1.78 bits per heavy atom. The normalized spacial score (nSPS) is 17.0. The average molecular weight is 572 g/mol. The van der Waals surface area contributed by atoms with Gasteiger partial charge in [-0.3, -0.25) is 14.4 Å². The Kier molecular flexibility index (Phi) is 9.04. The van der Waals surface area contributed by atoms with Crippen LogP contribution in [0.5, 0.6) is 0 Å². The molecule has 3 aromatic carbocycles. The van der Waals surface area contributed by atoms with Gasteiger partial charge in [-0.25, -0.2) is 5.01 Å². The van der Waals surface area contributed by atoms with Crippen molar-refractivity contribution in [2.45, 2.75) is 55.2 Å². The van der Waals surface area contributed by atoms with Crippen LogP contribution < -0.4 is 5.32 Å². The van der Waals surface area contributed by atoms with Gasteiger partial charge in [0.1, 0.15) is 5.25 Å². The molecule has 3 aromatic rings. The third kappa shape index (κ3) is 7.16. The summed E-state index contributed by atoms with van der Waals surface area (Å²) >= 11 is 1.24. The van der Waals surface area contributed by atoms with Crippen LogP contribution in [-0.2, 0) is 25.7 Å². The topological polar surface area (TPSA) is 108 Å². The molecule has 9 heteroatoms. The highest BCUT2D eigenvalue weighted by Crippen LogP contribution is 2.38. The molecule has 0 saturated heterocycles. The van der Waals surface area contributed by atoms with Crippen molar-refractivity contribution < 1.29 is 24.2 Å². The van der Waals surface area contributed by atoms with Crippen LogP contribution >= 0.6 is 11.8 Å². The second-order valence-electron chi connectivity index (χ2n) is 10.4. The van der Waals surface area contributed by atoms with Crippen molar-refractivity contribution in [2.24, 2.45) is 11.0 Å². The number of carbonyl (C=O) groups is 3. The van der Waals surface area contributed by atoms with Gasteiger partial charge in [0.05, 0.1) is 12.5 Å². The number of amides is 2. The highest BCUT2D eigenvalue weighted by atomic mass is 32.2. The van der Waals surface area contributed by atoms with Gasteiger partial charge in [0.2, 0.25) is 11.8 Å². The Morgan fingerprint density at radius 3 is 2.49 bits per heavy atom. The van der Waals surface area contributed by atoms with Crippen LogP contribution in [0.4, 0.5) is 5.69 Å². The number of carboxylic acids is 1. The summed E-state index contributed by atoms with van der Waals surface area (Å²) in [6.45, 7) is 1.88. The highest BCUT2D eigenvalue weighted by Gasteiger charge is 2.32. The fraction of sp³-hybridized carbons (Fsp3) is 0.312. The van der Waals surface area contributed by atoms with Crippen LogP contribution in [0, 0.1) is 5.92 Å². The van der Waals surface area contributed by atoms with E-state index in [-0.39, 0.29) is 30.3 Å². The minimum Gasteiger partial charge on any atom is -0.480 e. The zero-order chi connectivity index (χ0) is 28.8. The molecule has 2 N–H and O–H groups in total. The Morgan fingerprint density at radius 1 is 1.05 bits per heavy atom. The van der Waals surface area contributed by atoms with Gasteiger partial charge >= 0.3 is 5.97 Å². The lowest BCUT2D eigenvalue weighted by Gasteiger charge is -2.25. The second kappa shape index (κ2) is 13.0. The summed E-state index contributed by atoms with van der Waals surface area (Å²) in [4.78, 5) is 38.2. The van der Waals surface area contributed by atoms with Crippen molar-refractivity contribution in [3.8, 4) is 0 Å². The van der Waals surface area contributed by atoms with Gasteiger partial charge in [-0.1, -0.05) is 61.4 Å². The number of carboxylic acid groups (broad SMARTS) is 1. The number of hydrazone groups is 1. The van der Waals surface area contributed by atoms with Crippen molar-refractivity contribution in [1.82, 2.24) is 5.01 Å². The van der Waals surface area contributed by atoms with Crippen molar-refractivity contribution >= 4 is 41.1 Å². The van der Waals surface area contributed by atoms with Crippen molar-refractivity contribution in [3.05, 3.63) is 95.6 Å². The minimum atomic E-state index is -0.879. The molecule has 1 aliphatic carbocycles. The molecule has 2 amide bonds. The molecule has 1 heterocycles. The maximum absolute atomic E-state index is 13.7. The minimum absolute atomic E-state index is 0.0648. The van der Waals surface area contributed by atoms with E-state index in [9.17, 15) is 19.5 Å². The zero-order valence-corrected chi connectivity index (χ0v) is 23.7. The molecule has 2 aliphatic rings. The molecule has 8 nitrogen and oxygen atoms in total. The van der Waals surface area contributed by atoms with Crippen LogP contribution in [0.3, 0.4) is 0 Å². The monoisotopic (exact) mass is 571 g/mol. The number of carbonyl (C=O) groups excluding carboxylic acids is 2. The first-order chi connectivity index (χ1) is 19.9. The Bertz CT molecular complexity index is 1420. The quantitative estimate of drug-likeness (QED) is 0.294. The summed E-state index contributed by atoms with van der Waals surface area (Å²) in [7, 11) is 0. The number of nitrogens with one attached hydrogen (secondary N) is 1. The molecular formula is C32H33N3O5S. The molecule has 1 aliphatic heterocycles. The van der Waals surface area contributed by atoms with E-state index < -0.39 is 11.2 Å². The van der Waals surface area contributed by atoms with E-state index >= 15 is 0 Å². The predicted octanol–water partition coefficient (Wildman–Crippen LogP) is 5.88. The van der Waals surface area contributed by atoms with Crippen molar-refractivity contribution in [3.63, 3.8) is 0 Å². The van der Waals surface area contributed by atoms with E-state index in [1.807, 2.05) is 78.9 Å². The lowest BCUT2D eigenvalue weighted by Crippen LogP contribution is -2.36. The molecule has 0 radical (unpaired) electrons. The number of benzene rings is 3. The standard InChI is InChI=1S/C32H33N3O5S/c1-21(32(38)39)41-27-13-7-12-26(18-27)33-30(37)29(23-8-5-6-9-23)24-16-14-22(15-17-24)19-35-28(36)20-40-31(34-35)25-10-3-2-4-11-25/h2-4,7,10-18,21,23,29H,5-6,8-9,19-20H2,1H3,(H,33,37)(H,38,39). The molecular weight excluding hydrogens is 538 g/mol. The first-order valence-corrected chi connectivity index (χ1v) is 14.7. The first-order valence-electron chi connectivity index (χ1n) is 13.8. The van der Waals surface area contributed by atoms with Gasteiger partial charge in [0.15, 0.2) is 6.61 Å². The Balaban J connectivity index is 1.31. The SMILES string of the molecule is CC(Sc1cccc(NC(=O)C(c2ccc(CN3N=C(c4ccccc4)OCC3=O)cc2)C2CCCC2)c1)C(=O)O. The summed E-state index contributed by atoms with van der Waals surface area (Å²) in [5.41, 5.74) is 3.30. The molecule has 0 spiro atoms. The van der Waals surface area contributed by atoms with Crippen LogP contribution in [0.15, 0.2) is 88.9 Å². The summed E-state index contributed by atoms with van der Waals surface area (Å²) in [5, 5.41) is 17.6. The molecule has 2 atom stereocenters. The van der Waals surface area contributed by atoms with E-state index in [1.54, 1.807) is 6.92 Å². The maximum Gasteiger partial charge on any atom is 0.316 e. The molecule has 41 heavy (non-hydrogen) atoms. The number of nitrogens with zero attached hydrogens (tertiary/aromatic N) is 2. The van der Waals surface area contributed by atoms with E-state index in [1.165, 1.54) is 16.8 Å². The lowest BCUT2D eigenvalue weighted by molar-refractivity contribution is -0.137. The summed E-state index contributed by atoms with van der Waals surface area (Å²) in [6, 6.07) is 24.7. The van der Waals surface area contributed by atoms with E-state index in [0.717, 1.165) is 47.3 Å². The molecule has 0 bridgehead atoms. The number of aliphatic carboxylic acids is 1. The van der Waals surface area contributed by atoms with Crippen molar-refractivity contribution in [2.75, 3.05) is 11.9 Å². The van der Waals surface area contributed by atoms with Crippen molar-refractivity contribution in [1.29, 1.82) is 0 Å². The van der Waals surface area contributed by atoms with Gasteiger partial charge in [-0.15, -0.1) is 16.9 Å². The van der Waals surface area contributed by atoms with Crippen LogP contribution in [0.2, 0.25) is 0 Å². The fourth-order valence-electron chi connectivity index (χ4n) is 5.30. The average Bonchev–Trinajstić information content (AvgIpc) is 3.50. The lowest BCUT2D eigenvalue weighted by atomic mass is 9.83. The van der Waals surface area contributed by atoms with E-state index in [2.05, 4.69) is 10.4 Å². The van der Waals surface area contributed by atoms with E-state index in [4.69, 9.17) is 4.74 Å². The smallest absolute Gasteiger partial charge is 0.316 e. The number of hydrogen-bond donors (Lipinski definition) is 2. The largest absolute Gasteiger partial charge is 0.480 e. The van der Waals surface area contributed by atoms with Gasteiger partial charge in [-0.05, 0) is 67.1 Å². The van der Waals surface area contributed by atoms with Crippen LogP contribution in [0.1, 0.15) is 55.2 Å². The van der Waals surface area contributed by atoms with Gasteiger partial charge in [-0.2, -0.15) is 0 Å². The third-order valence-corrected chi connectivity index (χ3v) is 8.52. The van der Waals surface area contributed by atoms with Gasteiger partial charge in [0, 0.05) is 16.1 Å². The molecule has 1 fully saturated rings. The summed E-state index contributed by atoms with van der Waals surface area (Å²) in [6.07, 6.45) is 4.19. The first kappa shape index (κ1) is 28.4. The van der Waals surface area contributed by atoms with E-state index in [0.29, 0.717) is 18.1 Å². The predicted molar refractivity (Wildman–Crippen MR) is 159 cm³/mol. The molecule has 1 saturated carbocycles. The third-order valence-electron chi connectivity index (χ3n) is 7.44. The van der Waals surface area contributed by atoms with Gasteiger partial charge < -0.3 is 15.2 Å². The van der Waals surface area contributed by atoms with Gasteiger partial charge in [0.25, 0.3) is 5.91 Å². The Labute approximate surface area is 243 Å². The number of ether oxygens (including phenoxy) is 1. The second-order valence-corrected chi connectivity index (χ2v) is 11.8. The van der Waals surface area contributed by atoms with Crippen LogP contribution in [0.25, 0.3) is 0 Å². The van der Waals surface area contributed by atoms with Crippen LogP contribution in [-0.4, -0.2) is 45.7 Å². The Hall–Kier alpha value is -4.11. The zero-order valence-electron chi connectivity index (χ0n) is 22.9. The highest BCUT2D eigenvalue weighted by molar-refractivity contribution is 8.00. The summed E-state index contributed by atoms with van der Waals surface area (Å²) < 4.78 is 5.55. The number of anilines is 1.